The summed E-state index contributed by atoms with van der Waals surface area (Å²) in [4.78, 5) is 10.1. The summed E-state index contributed by atoms with van der Waals surface area (Å²) in [7, 11) is 1.76. The van der Waals surface area contributed by atoms with Gasteiger partial charge in [0.2, 0.25) is 0 Å². The molecule has 2 aromatic heterocycles. The van der Waals surface area contributed by atoms with Gasteiger partial charge in [0, 0.05) is 7.05 Å². The van der Waals surface area contributed by atoms with Gasteiger partial charge in [-0.15, -0.1) is 0 Å². The molecule has 2 heterocycles. The molecule has 0 aliphatic carbocycles. The third-order valence-electron chi connectivity index (χ3n) is 2.55. The van der Waals surface area contributed by atoms with Crippen LogP contribution in [-0.2, 0) is 13.6 Å². The zero-order valence-electron chi connectivity index (χ0n) is 10.2. The van der Waals surface area contributed by atoms with Gasteiger partial charge in [-0.25, -0.2) is 9.97 Å². The van der Waals surface area contributed by atoms with Crippen molar-refractivity contribution in [3.05, 3.63) is 17.2 Å². The van der Waals surface area contributed by atoms with E-state index in [1.807, 2.05) is 12.1 Å². The summed E-state index contributed by atoms with van der Waals surface area (Å²) in [5.41, 5.74) is 0.629. The predicted octanol–water partition coefficient (Wildman–Crippen LogP) is 0.866. The van der Waals surface area contributed by atoms with Crippen LogP contribution in [0.4, 0.5) is 0 Å². The minimum Gasteiger partial charge on any atom is -0.270 e. The van der Waals surface area contributed by atoms with Crippen molar-refractivity contribution in [2.24, 2.45) is 7.05 Å². The number of aryl methyl sites for hydroxylation is 1. The average Bonchev–Trinajstić information content (AvgIpc) is 2.73. The molecule has 0 aromatic carbocycles. The zero-order valence-corrected chi connectivity index (χ0v) is 11.0. The number of nitrogens with zero attached hydrogens (tertiary/aromatic N) is 7. The highest BCUT2D eigenvalue weighted by Crippen LogP contribution is 2.19. The number of rotatable bonds is 4. The number of fused-ring (bicyclic) bond motifs is 1. The van der Waals surface area contributed by atoms with Crippen LogP contribution in [0.15, 0.2) is 6.20 Å². The first kappa shape index (κ1) is 13.2. The van der Waals surface area contributed by atoms with Crippen LogP contribution in [-0.4, -0.2) is 37.7 Å². The van der Waals surface area contributed by atoms with Crippen LogP contribution in [0, 0.1) is 22.7 Å². The predicted molar refractivity (Wildman–Crippen MR) is 67.8 cm³/mol. The van der Waals surface area contributed by atoms with Crippen molar-refractivity contribution in [1.29, 1.82) is 10.5 Å². The molecule has 0 aliphatic rings. The molecule has 7 nitrogen and oxygen atoms in total. The van der Waals surface area contributed by atoms with E-state index in [1.54, 1.807) is 22.8 Å². The third kappa shape index (κ3) is 2.79. The maximum absolute atomic E-state index is 8.70. The lowest BCUT2D eigenvalue weighted by Gasteiger charge is -2.13. The maximum atomic E-state index is 8.70. The molecule has 8 heteroatoms. The second-order valence-corrected chi connectivity index (χ2v) is 4.26. The van der Waals surface area contributed by atoms with Gasteiger partial charge in [-0.1, -0.05) is 11.6 Å². The minimum atomic E-state index is 0.137. The Morgan fingerprint density at radius 2 is 2.00 bits per heavy atom. The molecular formula is C11H10ClN7. The van der Waals surface area contributed by atoms with Crippen molar-refractivity contribution < 1.29 is 0 Å². The van der Waals surface area contributed by atoms with E-state index in [2.05, 4.69) is 15.1 Å². The highest BCUT2D eigenvalue weighted by atomic mass is 35.5. The van der Waals surface area contributed by atoms with Crippen molar-refractivity contribution in [2.75, 3.05) is 13.1 Å². The normalized spacial score (nSPS) is 10.6. The monoisotopic (exact) mass is 275 g/mol. The van der Waals surface area contributed by atoms with E-state index in [0.717, 1.165) is 0 Å². The number of hydrogen-bond donors (Lipinski definition) is 0. The second kappa shape index (κ2) is 5.61. The summed E-state index contributed by atoms with van der Waals surface area (Å²) in [5.74, 6) is 0.464. The SMILES string of the molecule is Cn1ncc2c(Cl)nc(CN(CC#N)CC#N)nc21. The van der Waals surface area contributed by atoms with Gasteiger partial charge >= 0.3 is 0 Å². The quantitative estimate of drug-likeness (QED) is 0.607. The van der Waals surface area contributed by atoms with Crippen molar-refractivity contribution >= 4 is 22.6 Å². The van der Waals surface area contributed by atoms with Gasteiger partial charge in [-0.05, 0) is 0 Å². The number of hydrogen-bond acceptors (Lipinski definition) is 6. The molecule has 2 rings (SSSR count). The number of aromatic nitrogens is 4. The molecule has 0 fully saturated rings. The molecule has 0 spiro atoms. The molecule has 0 radical (unpaired) electrons. The molecule has 0 N–H and O–H groups in total. The standard InChI is InChI=1S/C11H10ClN7/c1-18-11-8(6-15-18)10(12)16-9(17-11)7-19(4-2-13)5-3-14/h6H,4-5,7H2,1H3. The van der Waals surface area contributed by atoms with E-state index in [0.29, 0.717) is 28.6 Å². The van der Waals surface area contributed by atoms with E-state index >= 15 is 0 Å². The van der Waals surface area contributed by atoms with E-state index in [4.69, 9.17) is 22.1 Å². The molecule has 0 aliphatic heterocycles. The largest absolute Gasteiger partial charge is 0.270 e. The van der Waals surface area contributed by atoms with Crippen LogP contribution in [0.2, 0.25) is 5.15 Å². The Hall–Kier alpha value is -2.22. The average molecular weight is 276 g/mol. The lowest BCUT2D eigenvalue weighted by molar-refractivity contribution is 0.326. The molecular weight excluding hydrogens is 266 g/mol. The smallest absolute Gasteiger partial charge is 0.162 e. The van der Waals surface area contributed by atoms with Gasteiger partial charge in [-0.2, -0.15) is 15.6 Å². The maximum Gasteiger partial charge on any atom is 0.162 e. The first-order chi connectivity index (χ1) is 9.15. The number of halogens is 1. The van der Waals surface area contributed by atoms with E-state index < -0.39 is 0 Å². The molecule has 0 saturated heterocycles. The number of nitriles is 2. The van der Waals surface area contributed by atoms with Crippen LogP contribution < -0.4 is 0 Å². The van der Waals surface area contributed by atoms with Crippen molar-refractivity contribution in [2.45, 2.75) is 6.54 Å². The minimum absolute atomic E-state index is 0.137. The van der Waals surface area contributed by atoms with Gasteiger partial charge < -0.3 is 0 Å². The first-order valence-corrected chi connectivity index (χ1v) is 5.84. The Kier molecular flexibility index (Phi) is 3.91. The molecule has 0 bridgehead atoms. The zero-order chi connectivity index (χ0) is 13.8. The summed E-state index contributed by atoms with van der Waals surface area (Å²) in [6.07, 6.45) is 1.60. The molecule has 96 valence electrons. The third-order valence-corrected chi connectivity index (χ3v) is 2.83. The first-order valence-electron chi connectivity index (χ1n) is 5.46. The summed E-state index contributed by atoms with van der Waals surface area (Å²) in [6, 6.07) is 4.00. The van der Waals surface area contributed by atoms with E-state index in [-0.39, 0.29) is 13.1 Å². The lowest BCUT2D eigenvalue weighted by Crippen LogP contribution is -2.25. The Balaban J connectivity index is 2.32. The van der Waals surface area contributed by atoms with Crippen molar-refractivity contribution in [3.63, 3.8) is 0 Å². The molecule has 19 heavy (non-hydrogen) atoms. The Labute approximate surface area is 114 Å². The van der Waals surface area contributed by atoms with Crippen molar-refractivity contribution in [3.8, 4) is 12.1 Å². The fourth-order valence-corrected chi connectivity index (χ4v) is 1.90. The summed E-state index contributed by atoms with van der Waals surface area (Å²) in [5, 5.41) is 22.5. The Bertz CT molecular complexity index is 663. The highest BCUT2D eigenvalue weighted by Gasteiger charge is 2.12. The highest BCUT2D eigenvalue weighted by molar-refractivity contribution is 6.33. The second-order valence-electron chi connectivity index (χ2n) is 3.90. The van der Waals surface area contributed by atoms with Gasteiger partial charge in [0.05, 0.1) is 43.4 Å². The van der Waals surface area contributed by atoms with E-state index in [1.165, 1.54) is 0 Å². The topological polar surface area (TPSA) is 94.4 Å². The van der Waals surface area contributed by atoms with Crippen LogP contribution in [0.1, 0.15) is 5.82 Å². The van der Waals surface area contributed by atoms with Crippen LogP contribution >= 0.6 is 11.6 Å². The molecule has 0 saturated carbocycles. The summed E-state index contributed by atoms with van der Waals surface area (Å²) < 4.78 is 1.60. The van der Waals surface area contributed by atoms with E-state index in [9.17, 15) is 0 Å². The van der Waals surface area contributed by atoms with Gasteiger partial charge in [0.25, 0.3) is 0 Å². The van der Waals surface area contributed by atoms with Crippen LogP contribution in [0.25, 0.3) is 11.0 Å². The fraction of sp³-hybridized carbons (Fsp3) is 0.364. The Morgan fingerprint density at radius 3 is 2.63 bits per heavy atom. The van der Waals surface area contributed by atoms with Crippen molar-refractivity contribution in [1.82, 2.24) is 24.6 Å². The summed E-state index contributed by atoms with van der Waals surface area (Å²) in [6.45, 7) is 0.567. The Morgan fingerprint density at radius 1 is 1.32 bits per heavy atom. The molecule has 0 unspecified atom stereocenters. The molecule has 0 atom stereocenters. The van der Waals surface area contributed by atoms with Gasteiger partial charge in [0.1, 0.15) is 11.0 Å². The van der Waals surface area contributed by atoms with Crippen LogP contribution in [0.5, 0.6) is 0 Å². The fourth-order valence-electron chi connectivity index (χ4n) is 1.67. The van der Waals surface area contributed by atoms with Gasteiger partial charge in [-0.3, -0.25) is 9.58 Å². The summed E-state index contributed by atoms with van der Waals surface area (Å²) >= 11 is 6.06. The molecule has 2 aromatic rings. The van der Waals surface area contributed by atoms with Crippen LogP contribution in [0.3, 0.4) is 0 Å². The molecule has 0 amide bonds. The lowest BCUT2D eigenvalue weighted by atomic mass is 10.4. The van der Waals surface area contributed by atoms with Gasteiger partial charge in [0.15, 0.2) is 5.65 Å².